The SMILES string of the molecule is C[C@H](c1ccc(Cl)cc1)N(C(=O)/C=C/c1ccccc1)C(C(=O)O)c1ccc(Cl)cc1. The van der Waals surface area contributed by atoms with Gasteiger partial charge in [0.05, 0.1) is 6.04 Å². The van der Waals surface area contributed by atoms with Gasteiger partial charge in [-0.1, -0.05) is 77.8 Å². The van der Waals surface area contributed by atoms with Crippen molar-refractivity contribution in [2.45, 2.75) is 19.0 Å². The summed E-state index contributed by atoms with van der Waals surface area (Å²) in [4.78, 5) is 27.0. The number of carboxylic acids is 1. The van der Waals surface area contributed by atoms with E-state index in [1.165, 1.54) is 11.0 Å². The lowest BCUT2D eigenvalue weighted by molar-refractivity contribution is -0.150. The van der Waals surface area contributed by atoms with Crippen LogP contribution in [0.2, 0.25) is 10.0 Å². The molecule has 0 aliphatic rings. The van der Waals surface area contributed by atoms with Gasteiger partial charge in [-0.25, -0.2) is 4.79 Å². The predicted molar refractivity (Wildman–Crippen MR) is 124 cm³/mol. The molecule has 0 saturated carbocycles. The maximum absolute atomic E-state index is 13.3. The molecule has 4 nitrogen and oxygen atoms in total. The van der Waals surface area contributed by atoms with Gasteiger partial charge in [0, 0.05) is 16.1 Å². The van der Waals surface area contributed by atoms with Crippen molar-refractivity contribution in [1.29, 1.82) is 0 Å². The van der Waals surface area contributed by atoms with Crippen LogP contribution in [0.1, 0.15) is 35.7 Å². The van der Waals surface area contributed by atoms with Gasteiger partial charge in [-0.2, -0.15) is 0 Å². The Kier molecular flexibility index (Phi) is 7.50. The molecule has 158 valence electrons. The fraction of sp³-hybridized carbons (Fsp3) is 0.120. The van der Waals surface area contributed by atoms with Crippen molar-refractivity contribution in [3.8, 4) is 0 Å². The van der Waals surface area contributed by atoms with Crippen molar-refractivity contribution in [2.24, 2.45) is 0 Å². The van der Waals surface area contributed by atoms with Crippen LogP contribution in [0, 0.1) is 0 Å². The van der Waals surface area contributed by atoms with Crippen LogP contribution in [0.25, 0.3) is 6.08 Å². The third-order valence-electron chi connectivity index (χ3n) is 4.94. The highest BCUT2D eigenvalue weighted by atomic mass is 35.5. The Hall–Kier alpha value is -3.08. The van der Waals surface area contributed by atoms with E-state index in [0.717, 1.165) is 11.1 Å². The maximum atomic E-state index is 13.3. The number of aliphatic carboxylic acids is 1. The Morgan fingerprint density at radius 2 is 1.35 bits per heavy atom. The van der Waals surface area contributed by atoms with Gasteiger partial charge in [-0.3, -0.25) is 4.79 Å². The summed E-state index contributed by atoms with van der Waals surface area (Å²) in [6.45, 7) is 1.79. The van der Waals surface area contributed by atoms with E-state index in [1.54, 1.807) is 61.5 Å². The van der Waals surface area contributed by atoms with E-state index in [4.69, 9.17) is 23.2 Å². The van der Waals surface area contributed by atoms with E-state index in [2.05, 4.69) is 0 Å². The van der Waals surface area contributed by atoms with Gasteiger partial charge < -0.3 is 10.0 Å². The molecule has 0 radical (unpaired) electrons. The van der Waals surface area contributed by atoms with Gasteiger partial charge >= 0.3 is 5.97 Å². The molecule has 1 unspecified atom stereocenters. The van der Waals surface area contributed by atoms with Crippen molar-refractivity contribution in [2.75, 3.05) is 0 Å². The fourth-order valence-electron chi connectivity index (χ4n) is 3.33. The predicted octanol–water partition coefficient (Wildman–Crippen LogP) is 6.42. The van der Waals surface area contributed by atoms with Crippen LogP contribution in [0.3, 0.4) is 0 Å². The van der Waals surface area contributed by atoms with E-state index in [1.807, 2.05) is 30.3 Å². The monoisotopic (exact) mass is 453 g/mol. The van der Waals surface area contributed by atoms with Crippen LogP contribution in [-0.4, -0.2) is 21.9 Å². The summed E-state index contributed by atoms with van der Waals surface area (Å²) in [6, 6.07) is 21.1. The molecule has 0 aliphatic carbocycles. The van der Waals surface area contributed by atoms with Crippen molar-refractivity contribution in [3.05, 3.63) is 112 Å². The minimum absolute atomic E-state index is 0.423. The van der Waals surface area contributed by atoms with E-state index in [9.17, 15) is 14.7 Å². The number of nitrogens with zero attached hydrogens (tertiary/aromatic N) is 1. The minimum atomic E-state index is -1.20. The third-order valence-corrected chi connectivity index (χ3v) is 5.44. The Morgan fingerprint density at radius 1 is 0.839 bits per heavy atom. The summed E-state index contributed by atoms with van der Waals surface area (Å²) < 4.78 is 0. The summed E-state index contributed by atoms with van der Waals surface area (Å²) in [6.07, 6.45) is 3.07. The molecule has 31 heavy (non-hydrogen) atoms. The molecule has 3 rings (SSSR count). The van der Waals surface area contributed by atoms with Crippen LogP contribution in [0.15, 0.2) is 84.9 Å². The second-order valence-electron chi connectivity index (χ2n) is 7.01. The first-order valence-corrected chi connectivity index (χ1v) is 10.4. The Balaban J connectivity index is 2.04. The van der Waals surface area contributed by atoms with Crippen LogP contribution in [0.4, 0.5) is 0 Å². The van der Waals surface area contributed by atoms with Gasteiger partial charge in [-0.15, -0.1) is 0 Å². The number of carboxylic acid groups (broad SMARTS) is 1. The summed E-state index contributed by atoms with van der Waals surface area (Å²) in [5, 5.41) is 11.1. The Morgan fingerprint density at radius 3 is 1.87 bits per heavy atom. The molecule has 0 aliphatic heterocycles. The molecule has 3 aromatic carbocycles. The minimum Gasteiger partial charge on any atom is -0.479 e. The van der Waals surface area contributed by atoms with Crippen LogP contribution in [0.5, 0.6) is 0 Å². The number of amides is 1. The fourth-order valence-corrected chi connectivity index (χ4v) is 3.58. The van der Waals surface area contributed by atoms with Crippen molar-refractivity contribution in [3.63, 3.8) is 0 Å². The number of carbonyl (C=O) groups is 2. The average Bonchev–Trinajstić information content (AvgIpc) is 2.77. The Labute approximate surface area is 191 Å². The molecular formula is C25H21Cl2NO3. The van der Waals surface area contributed by atoms with Gasteiger partial charge in [0.2, 0.25) is 5.91 Å². The van der Waals surface area contributed by atoms with Gasteiger partial charge in [0.1, 0.15) is 0 Å². The van der Waals surface area contributed by atoms with Gasteiger partial charge in [0.15, 0.2) is 6.04 Å². The number of benzene rings is 3. The van der Waals surface area contributed by atoms with Crippen LogP contribution >= 0.6 is 23.2 Å². The highest BCUT2D eigenvalue weighted by Crippen LogP contribution is 2.32. The molecule has 0 aromatic heterocycles. The molecule has 0 saturated heterocycles. The van der Waals surface area contributed by atoms with Gasteiger partial charge in [-0.05, 0) is 54.0 Å². The van der Waals surface area contributed by atoms with E-state index in [0.29, 0.717) is 15.6 Å². The standard InChI is InChI=1S/C25H21Cl2NO3/c1-17(19-8-12-21(26)13-9-19)28(23(29)16-7-18-5-3-2-4-6-18)24(25(30)31)20-10-14-22(27)15-11-20/h2-17,24H,1H3,(H,30,31)/b16-7+/t17-,24?/m1/s1. The first-order chi connectivity index (χ1) is 14.9. The molecule has 0 bridgehead atoms. The van der Waals surface area contributed by atoms with Crippen molar-refractivity contribution >= 4 is 41.2 Å². The van der Waals surface area contributed by atoms with E-state index < -0.39 is 24.0 Å². The van der Waals surface area contributed by atoms with Gasteiger partial charge in [0.25, 0.3) is 0 Å². The average molecular weight is 454 g/mol. The molecule has 1 N–H and O–H groups in total. The molecular weight excluding hydrogens is 433 g/mol. The van der Waals surface area contributed by atoms with Crippen LogP contribution < -0.4 is 0 Å². The maximum Gasteiger partial charge on any atom is 0.331 e. The molecule has 0 heterocycles. The first kappa shape index (κ1) is 22.6. The summed E-state index contributed by atoms with van der Waals surface area (Å²) in [5.74, 6) is -1.56. The summed E-state index contributed by atoms with van der Waals surface area (Å²) >= 11 is 12.0. The second kappa shape index (κ2) is 10.3. The molecule has 3 aromatic rings. The lowest BCUT2D eigenvalue weighted by Gasteiger charge is -2.34. The largest absolute Gasteiger partial charge is 0.479 e. The number of rotatable bonds is 7. The molecule has 2 atom stereocenters. The van der Waals surface area contributed by atoms with Crippen molar-refractivity contribution < 1.29 is 14.7 Å². The van der Waals surface area contributed by atoms with E-state index in [-0.39, 0.29) is 0 Å². The number of halogens is 2. The highest BCUT2D eigenvalue weighted by molar-refractivity contribution is 6.30. The first-order valence-electron chi connectivity index (χ1n) is 9.66. The molecule has 6 heteroatoms. The summed E-state index contributed by atoms with van der Waals surface area (Å²) in [5.41, 5.74) is 2.07. The molecule has 1 amide bonds. The number of carbonyl (C=O) groups excluding carboxylic acids is 1. The lowest BCUT2D eigenvalue weighted by atomic mass is 9.99. The lowest BCUT2D eigenvalue weighted by Crippen LogP contribution is -2.40. The molecule has 0 spiro atoms. The smallest absolute Gasteiger partial charge is 0.331 e. The normalized spacial score (nSPS) is 13.0. The Bertz CT molecular complexity index is 1060. The second-order valence-corrected chi connectivity index (χ2v) is 7.88. The quantitative estimate of drug-likeness (QED) is 0.419. The van der Waals surface area contributed by atoms with E-state index >= 15 is 0 Å². The third kappa shape index (κ3) is 5.75. The van der Waals surface area contributed by atoms with Crippen LogP contribution in [-0.2, 0) is 9.59 Å². The topological polar surface area (TPSA) is 57.6 Å². The zero-order valence-electron chi connectivity index (χ0n) is 16.8. The highest BCUT2D eigenvalue weighted by Gasteiger charge is 2.34. The van der Waals surface area contributed by atoms with Crippen molar-refractivity contribution in [1.82, 2.24) is 4.90 Å². The number of hydrogen-bond acceptors (Lipinski definition) is 2. The number of hydrogen-bond donors (Lipinski definition) is 1. The zero-order valence-corrected chi connectivity index (χ0v) is 18.3. The zero-order chi connectivity index (χ0) is 22.4. The summed E-state index contributed by atoms with van der Waals surface area (Å²) in [7, 11) is 0. The molecule has 0 fully saturated rings.